The van der Waals surface area contributed by atoms with E-state index in [0.717, 1.165) is 16.6 Å². The third-order valence-corrected chi connectivity index (χ3v) is 13.0. The Morgan fingerprint density at radius 1 is 0.750 bits per heavy atom. The van der Waals surface area contributed by atoms with Crippen LogP contribution in [0.15, 0.2) is 0 Å². The Labute approximate surface area is 127 Å². The van der Waals surface area contributed by atoms with E-state index >= 15 is 0 Å². The predicted molar refractivity (Wildman–Crippen MR) is 65.8 cm³/mol. The molecule has 0 N–H and O–H groups in total. The van der Waals surface area contributed by atoms with Crippen LogP contribution in [-0.4, -0.2) is 58.6 Å². The normalized spacial score (nSPS) is 12.5. The molecule has 1 radical (unpaired) electrons. The van der Waals surface area contributed by atoms with Crippen molar-refractivity contribution in [2.75, 3.05) is 0 Å². The van der Waals surface area contributed by atoms with Crippen LogP contribution >= 0.6 is 12.1 Å². The summed E-state index contributed by atoms with van der Waals surface area (Å²) in [6.45, 7) is 13.9. The number of rotatable bonds is 3. The van der Waals surface area contributed by atoms with Crippen molar-refractivity contribution in [2.45, 2.75) is 58.2 Å². The van der Waals surface area contributed by atoms with Gasteiger partial charge in [0.15, 0.2) is 0 Å². The van der Waals surface area contributed by atoms with Crippen molar-refractivity contribution in [3.05, 3.63) is 0 Å². The number of hydrogen-bond acceptors (Lipinski definition) is 1. The van der Waals surface area contributed by atoms with Crippen LogP contribution in [0.2, 0.25) is 16.6 Å². The summed E-state index contributed by atoms with van der Waals surface area (Å²) in [7, 11) is -1.29. The molecule has 0 heterocycles. The molecule has 0 spiro atoms. The fourth-order valence-electron chi connectivity index (χ4n) is 2.00. The van der Waals surface area contributed by atoms with E-state index in [1.807, 2.05) is 0 Å². The molecule has 0 aliphatic heterocycles. The summed E-state index contributed by atoms with van der Waals surface area (Å²) in [6, 6.07) is 0. The second kappa shape index (κ2) is 6.64. The van der Waals surface area contributed by atoms with Crippen molar-refractivity contribution in [3.8, 4) is 0 Å². The Hall–Kier alpha value is 2.20. The average molecular weight is 230 g/mol. The second-order valence-electron chi connectivity index (χ2n) is 4.35. The Morgan fingerprint density at radius 3 is 0.917 bits per heavy atom. The molecule has 69 valence electrons. The maximum Gasteiger partial charge on any atom is 0.120 e. The van der Waals surface area contributed by atoms with Crippen molar-refractivity contribution in [3.63, 3.8) is 0 Å². The molecule has 0 rings (SSSR count). The van der Waals surface area contributed by atoms with E-state index in [9.17, 15) is 0 Å². The quantitative estimate of drug-likeness (QED) is 0.553. The van der Waals surface area contributed by atoms with Gasteiger partial charge in [0.2, 0.25) is 0 Å². The van der Waals surface area contributed by atoms with E-state index in [1.54, 1.807) is 0 Å². The third-order valence-electron chi connectivity index (χ3n) is 2.77. The smallest absolute Gasteiger partial charge is 0.120 e. The van der Waals surface area contributed by atoms with Gasteiger partial charge in [-0.25, -0.2) is 12.1 Å². The summed E-state index contributed by atoms with van der Waals surface area (Å²) in [5.74, 6) is 0. The Balaban J connectivity index is 0. The van der Waals surface area contributed by atoms with Crippen molar-refractivity contribution < 1.29 is 0 Å². The van der Waals surface area contributed by atoms with Gasteiger partial charge in [0.1, 0.15) is 7.22 Å². The van der Waals surface area contributed by atoms with Crippen molar-refractivity contribution >= 4 is 70.7 Å². The number of thiol groups is 1. The summed E-state index contributed by atoms with van der Waals surface area (Å²) < 4.78 is 0. The van der Waals surface area contributed by atoms with Gasteiger partial charge in [-0.15, -0.1) is 0 Å². The first-order valence-corrected chi connectivity index (χ1v) is 8.07. The Kier molecular flexibility index (Phi) is 9.21. The zero-order chi connectivity index (χ0) is 9.23. The summed E-state index contributed by atoms with van der Waals surface area (Å²) in [5.41, 5.74) is 2.35. The van der Waals surface area contributed by atoms with Gasteiger partial charge in [0, 0.05) is 51.4 Å². The van der Waals surface area contributed by atoms with Crippen LogP contribution in [0.25, 0.3) is 0 Å². The number of hydrogen-bond donors (Lipinski definition) is 1. The molecule has 12 heavy (non-hydrogen) atoms. The minimum atomic E-state index is -1.29. The van der Waals surface area contributed by atoms with Gasteiger partial charge in [-0.1, -0.05) is 41.5 Å². The van der Waals surface area contributed by atoms with E-state index < -0.39 is 7.22 Å². The molecule has 0 fully saturated rings. The van der Waals surface area contributed by atoms with E-state index in [4.69, 9.17) is 12.1 Å². The van der Waals surface area contributed by atoms with Crippen LogP contribution in [0.1, 0.15) is 41.5 Å². The molecule has 0 nitrogen and oxygen atoms in total. The van der Waals surface area contributed by atoms with Crippen LogP contribution in [0.5, 0.6) is 0 Å². The van der Waals surface area contributed by atoms with E-state index in [0.29, 0.717) is 0 Å². The molecular formula is C9H22KSSi. The van der Waals surface area contributed by atoms with E-state index in [1.165, 1.54) is 0 Å². The maximum atomic E-state index is 4.94. The molecule has 0 aromatic heterocycles. The minimum absolute atomic E-state index is 0. The van der Waals surface area contributed by atoms with Gasteiger partial charge in [0.05, 0.1) is 0 Å². The molecule has 0 saturated carbocycles. The minimum Gasteiger partial charge on any atom is -0.201 e. The fourth-order valence-corrected chi connectivity index (χ4v) is 6.00. The van der Waals surface area contributed by atoms with Gasteiger partial charge in [-0.3, -0.25) is 0 Å². The van der Waals surface area contributed by atoms with Crippen LogP contribution in [0.3, 0.4) is 0 Å². The van der Waals surface area contributed by atoms with Crippen molar-refractivity contribution in [1.82, 2.24) is 0 Å². The molecule has 0 amide bonds. The topological polar surface area (TPSA) is 0 Å². The van der Waals surface area contributed by atoms with Crippen LogP contribution < -0.4 is 0 Å². The van der Waals surface area contributed by atoms with Gasteiger partial charge < -0.3 is 0 Å². The van der Waals surface area contributed by atoms with Gasteiger partial charge in [-0.05, 0) is 16.6 Å². The van der Waals surface area contributed by atoms with Crippen LogP contribution in [0, 0.1) is 0 Å². The summed E-state index contributed by atoms with van der Waals surface area (Å²) in [6.07, 6.45) is 0. The Morgan fingerprint density at radius 2 is 0.917 bits per heavy atom. The molecule has 0 aromatic carbocycles. The Bertz CT molecular complexity index is 102. The second-order valence-corrected chi connectivity index (χ2v) is 11.9. The van der Waals surface area contributed by atoms with Crippen molar-refractivity contribution in [1.29, 1.82) is 0 Å². The first kappa shape index (κ1) is 16.6. The third kappa shape index (κ3) is 3.75. The van der Waals surface area contributed by atoms with E-state index in [-0.39, 0.29) is 51.4 Å². The molecule has 0 atom stereocenters. The molecule has 3 heteroatoms. The fraction of sp³-hybridized carbons (Fsp3) is 1.00. The predicted octanol–water partition coefficient (Wildman–Crippen LogP) is 3.71. The average Bonchev–Trinajstić information content (AvgIpc) is 1.84. The summed E-state index contributed by atoms with van der Waals surface area (Å²) in [5, 5.41) is 0. The molecule has 0 aromatic rings. The monoisotopic (exact) mass is 229 g/mol. The first-order chi connectivity index (χ1) is 4.83. The molecule has 0 aliphatic rings. The van der Waals surface area contributed by atoms with Gasteiger partial charge >= 0.3 is 0 Å². The molecule has 0 saturated heterocycles. The molecule has 0 bridgehead atoms. The largest absolute Gasteiger partial charge is 0.201 e. The SMILES string of the molecule is CC(C)[Si](S)(C(C)C)C(C)C.[K]. The summed E-state index contributed by atoms with van der Waals surface area (Å²) in [4.78, 5) is 0. The standard InChI is InChI=1S/C9H22SSi.K/c1-7(2)11(10,8(3)4)9(5)6;/h7-10H,1-6H3;. The summed E-state index contributed by atoms with van der Waals surface area (Å²) >= 11 is 4.94. The van der Waals surface area contributed by atoms with Crippen LogP contribution in [0.4, 0.5) is 0 Å². The van der Waals surface area contributed by atoms with E-state index in [2.05, 4.69) is 41.5 Å². The first-order valence-electron chi connectivity index (χ1n) is 4.55. The van der Waals surface area contributed by atoms with Gasteiger partial charge in [-0.2, -0.15) is 0 Å². The molecule has 0 unspecified atom stereocenters. The van der Waals surface area contributed by atoms with Crippen LogP contribution in [-0.2, 0) is 0 Å². The maximum absolute atomic E-state index is 4.94. The molecule has 0 aliphatic carbocycles. The zero-order valence-corrected chi connectivity index (χ0v) is 14.7. The van der Waals surface area contributed by atoms with Gasteiger partial charge in [0.25, 0.3) is 0 Å². The molecular weight excluding hydrogens is 207 g/mol. The van der Waals surface area contributed by atoms with Crippen molar-refractivity contribution in [2.24, 2.45) is 0 Å². The zero-order valence-electron chi connectivity index (χ0n) is 9.68.